The molecule has 0 heterocycles. The average molecular weight is 801 g/mol. The first-order valence-corrected chi connectivity index (χ1v) is 19.9. The number of nitrogens with zero attached hydrogens (tertiary/aromatic N) is 2. The molecule has 300 valence electrons. The van der Waals surface area contributed by atoms with E-state index in [0.717, 1.165) is 41.9 Å². The fraction of sp³-hybridized carbons (Fsp3) is 0.381. The van der Waals surface area contributed by atoms with E-state index >= 15 is 8.78 Å². The van der Waals surface area contributed by atoms with Gasteiger partial charge in [-0.1, -0.05) is 71.0 Å². The molecule has 0 atom stereocenters. The second kappa shape index (κ2) is 16.7. The van der Waals surface area contributed by atoms with Gasteiger partial charge >= 0.3 is 5.97 Å². The Morgan fingerprint density at radius 3 is 2.07 bits per heavy atom. The zero-order chi connectivity index (χ0) is 41.3. The molecular formula is C42H45F5N2O6S. The van der Waals surface area contributed by atoms with Crippen LogP contribution in [0.4, 0.5) is 27.6 Å². The minimum atomic E-state index is -5.43. The molecular weight excluding hydrogens is 756 g/mol. The summed E-state index contributed by atoms with van der Waals surface area (Å²) in [4.78, 5) is 26.5. The highest BCUT2D eigenvalue weighted by Gasteiger charge is 2.38. The zero-order valence-electron chi connectivity index (χ0n) is 32.1. The van der Waals surface area contributed by atoms with Gasteiger partial charge in [-0.05, 0) is 84.9 Å². The zero-order valence-corrected chi connectivity index (χ0v) is 32.9. The highest BCUT2D eigenvalue weighted by Crippen LogP contribution is 2.43. The summed E-state index contributed by atoms with van der Waals surface area (Å²) in [5.41, 5.74) is 0.735. The quantitative estimate of drug-likeness (QED) is 0.0821. The Bertz CT molecular complexity index is 2220. The summed E-state index contributed by atoms with van der Waals surface area (Å²) in [6.07, 6.45) is 3.14. The van der Waals surface area contributed by atoms with E-state index in [1.165, 1.54) is 36.4 Å². The maximum atomic E-state index is 15.3. The number of carbonyl (C=O) groups is 2. The van der Waals surface area contributed by atoms with Crippen LogP contribution in [0, 0.1) is 36.0 Å². The van der Waals surface area contributed by atoms with Crippen LogP contribution >= 0.6 is 0 Å². The van der Waals surface area contributed by atoms with Gasteiger partial charge < -0.3 is 14.7 Å². The Morgan fingerprint density at radius 1 is 0.839 bits per heavy atom. The van der Waals surface area contributed by atoms with Crippen molar-refractivity contribution in [2.24, 2.45) is 0 Å². The van der Waals surface area contributed by atoms with E-state index in [0.29, 0.717) is 28.6 Å². The second-order valence-corrected chi connectivity index (χ2v) is 16.7. The highest BCUT2D eigenvalue weighted by atomic mass is 32.2. The molecule has 8 nitrogen and oxygen atoms in total. The third-order valence-electron chi connectivity index (χ3n) is 9.55. The lowest BCUT2D eigenvalue weighted by molar-refractivity contribution is -0.119. The number of amides is 1. The number of ether oxygens (including phenoxy) is 1. The van der Waals surface area contributed by atoms with E-state index in [4.69, 9.17) is 4.74 Å². The first-order valence-electron chi connectivity index (χ1n) is 18.4. The monoisotopic (exact) mass is 800 g/mol. The Kier molecular flexibility index (Phi) is 12.6. The van der Waals surface area contributed by atoms with Crippen molar-refractivity contribution in [3.63, 3.8) is 0 Å². The van der Waals surface area contributed by atoms with Crippen molar-refractivity contribution in [2.45, 2.75) is 103 Å². The van der Waals surface area contributed by atoms with Crippen LogP contribution in [0.3, 0.4) is 0 Å². The van der Waals surface area contributed by atoms with Crippen LogP contribution in [-0.2, 0) is 33.3 Å². The van der Waals surface area contributed by atoms with Gasteiger partial charge in [-0.15, -0.1) is 0 Å². The molecule has 4 aromatic carbocycles. The maximum Gasteiger partial charge on any atom is 0.335 e. The Balaban J connectivity index is 0.00000295. The number of sulfonamides is 1. The fourth-order valence-corrected chi connectivity index (χ4v) is 7.79. The molecule has 1 amide bonds. The summed E-state index contributed by atoms with van der Waals surface area (Å²) in [5.74, 6) is -11.5. The van der Waals surface area contributed by atoms with Crippen LogP contribution < -0.4 is 9.64 Å². The van der Waals surface area contributed by atoms with Gasteiger partial charge in [0.25, 0.3) is 0 Å². The van der Waals surface area contributed by atoms with Gasteiger partial charge in [-0.25, -0.2) is 35.2 Å². The first kappa shape index (κ1) is 42.3. The van der Waals surface area contributed by atoms with E-state index in [-0.39, 0.29) is 40.6 Å². The van der Waals surface area contributed by atoms with Gasteiger partial charge in [0.1, 0.15) is 16.5 Å². The van der Waals surface area contributed by atoms with Crippen LogP contribution in [-0.4, -0.2) is 42.4 Å². The number of halogens is 5. The van der Waals surface area contributed by atoms with Gasteiger partial charge in [0, 0.05) is 17.7 Å². The Morgan fingerprint density at radius 2 is 1.48 bits per heavy atom. The van der Waals surface area contributed by atoms with E-state index < -0.39 is 74.5 Å². The van der Waals surface area contributed by atoms with E-state index in [2.05, 4.69) is 6.07 Å². The van der Waals surface area contributed by atoms with Crippen LogP contribution in [0.5, 0.6) is 5.75 Å². The van der Waals surface area contributed by atoms with E-state index in [1.807, 2.05) is 46.8 Å². The topological polar surface area (TPSA) is 104 Å². The number of carboxylic acid groups (broad SMARTS) is 1. The molecule has 0 aliphatic heterocycles. The number of anilines is 1. The summed E-state index contributed by atoms with van der Waals surface area (Å²) in [5, 5.41) is 9.93. The lowest BCUT2D eigenvalue weighted by Gasteiger charge is -2.30. The first-order chi connectivity index (χ1) is 26.4. The van der Waals surface area contributed by atoms with Crippen molar-refractivity contribution in [1.82, 2.24) is 4.31 Å². The van der Waals surface area contributed by atoms with Crippen molar-refractivity contribution >= 4 is 27.6 Å². The summed E-state index contributed by atoms with van der Waals surface area (Å²) >= 11 is 0. The molecule has 2 aliphatic carbocycles. The normalized spacial score (nSPS) is 14.3. The number of hydrogen-bond donors (Lipinski definition) is 1. The van der Waals surface area contributed by atoms with Gasteiger partial charge in [0.05, 0.1) is 30.4 Å². The standard InChI is InChI=1S/C40H39F5N2O6S.C2H6/c1-22-34(42)35(43)36(44)37(45)38(22)54(51,52)46(20-26-7-5-6-8-30(26)41)21-33(48)47(31-18-25(39(49)50)11-14-32(31)53-29-12-13-29)19-23-15-27(24-9-10-24)17-28(16-23)40(2,3)4;1-2/h5-8,11,14-18,24,29H,9-10,12-13,19-21H2,1-4H3,(H,49,50);1-2H3. The lowest BCUT2D eigenvalue weighted by atomic mass is 9.84. The molecule has 0 radical (unpaired) electrons. The highest BCUT2D eigenvalue weighted by molar-refractivity contribution is 7.89. The van der Waals surface area contributed by atoms with Crippen molar-refractivity contribution in [3.05, 3.63) is 123 Å². The molecule has 0 aromatic heterocycles. The van der Waals surface area contributed by atoms with Crippen LogP contribution in [0.15, 0.2) is 65.6 Å². The number of carboxylic acids is 1. The SMILES string of the molecule is CC.Cc1c(F)c(F)c(F)c(F)c1S(=O)(=O)N(CC(=O)N(Cc1cc(C2CC2)cc(C(C)(C)C)c1)c1cc(C(=O)O)ccc1OC1CC1)Cc1ccccc1F. The van der Waals surface area contributed by atoms with Crippen molar-refractivity contribution in [3.8, 4) is 5.75 Å². The average Bonchev–Trinajstić information content (AvgIpc) is 4.09. The molecule has 6 rings (SSSR count). The smallest absolute Gasteiger partial charge is 0.335 e. The van der Waals surface area contributed by atoms with Crippen molar-refractivity contribution in [1.29, 1.82) is 0 Å². The largest absolute Gasteiger partial charge is 0.488 e. The van der Waals surface area contributed by atoms with Gasteiger partial charge in [-0.2, -0.15) is 4.31 Å². The van der Waals surface area contributed by atoms with Gasteiger partial charge in [-0.3, -0.25) is 4.79 Å². The Hall–Kier alpha value is -4.82. The minimum absolute atomic E-state index is 0.00888. The predicted octanol–water partition coefficient (Wildman–Crippen LogP) is 9.56. The summed E-state index contributed by atoms with van der Waals surface area (Å²) < 4.78 is 109. The van der Waals surface area contributed by atoms with E-state index in [9.17, 15) is 36.3 Å². The van der Waals surface area contributed by atoms with Crippen LogP contribution in [0.2, 0.25) is 0 Å². The molecule has 4 aromatic rings. The third kappa shape index (κ3) is 9.24. The molecule has 0 bridgehead atoms. The summed E-state index contributed by atoms with van der Waals surface area (Å²) in [7, 11) is -5.43. The fourth-order valence-electron chi connectivity index (χ4n) is 6.15. The molecule has 2 saturated carbocycles. The molecule has 2 fully saturated rings. The van der Waals surface area contributed by atoms with Crippen LogP contribution in [0.25, 0.3) is 0 Å². The van der Waals surface area contributed by atoms with Gasteiger partial charge in [0.15, 0.2) is 23.3 Å². The molecule has 1 N–H and O–H groups in total. The predicted molar refractivity (Wildman–Crippen MR) is 202 cm³/mol. The van der Waals surface area contributed by atoms with Crippen LogP contribution in [0.1, 0.15) is 104 Å². The van der Waals surface area contributed by atoms with Gasteiger partial charge in [0.2, 0.25) is 15.9 Å². The third-order valence-corrected chi connectivity index (χ3v) is 11.5. The number of rotatable bonds is 13. The van der Waals surface area contributed by atoms with Crippen molar-refractivity contribution < 1.29 is 49.8 Å². The number of carbonyl (C=O) groups excluding carboxylic acids is 1. The second-order valence-electron chi connectivity index (χ2n) is 14.8. The molecule has 14 heteroatoms. The molecule has 0 unspecified atom stereocenters. The van der Waals surface area contributed by atoms with E-state index in [1.54, 1.807) is 0 Å². The molecule has 0 saturated heterocycles. The number of hydrogen-bond acceptors (Lipinski definition) is 5. The summed E-state index contributed by atoms with van der Waals surface area (Å²) in [6, 6.07) is 14.8. The number of aromatic carboxylic acids is 1. The number of benzene rings is 4. The Labute approximate surface area is 324 Å². The molecule has 0 spiro atoms. The molecule has 2 aliphatic rings. The maximum absolute atomic E-state index is 15.3. The summed E-state index contributed by atoms with van der Waals surface area (Å²) in [6.45, 7) is 8.55. The van der Waals surface area contributed by atoms with Crippen molar-refractivity contribution in [2.75, 3.05) is 11.4 Å². The lowest BCUT2D eigenvalue weighted by Crippen LogP contribution is -2.43. The minimum Gasteiger partial charge on any atom is -0.488 e. The molecule has 56 heavy (non-hydrogen) atoms.